The average Bonchev–Trinajstić information content (AvgIpc) is 2.78. The van der Waals surface area contributed by atoms with Crippen molar-refractivity contribution in [2.45, 2.75) is 25.8 Å². The molecule has 3 heteroatoms. The molecule has 0 saturated heterocycles. The summed E-state index contributed by atoms with van der Waals surface area (Å²) in [6.07, 6.45) is 4.03. The first-order valence-electron chi connectivity index (χ1n) is 6.20. The van der Waals surface area contributed by atoms with E-state index in [1.165, 1.54) is 11.1 Å². The molecule has 1 N–H and O–H groups in total. The molecule has 0 fully saturated rings. The molecule has 0 aliphatic heterocycles. The first kappa shape index (κ1) is 11.5. The van der Waals surface area contributed by atoms with E-state index in [9.17, 15) is 0 Å². The summed E-state index contributed by atoms with van der Waals surface area (Å²) in [5.74, 6) is 0. The summed E-state index contributed by atoms with van der Waals surface area (Å²) in [4.78, 5) is 4.48. The van der Waals surface area contributed by atoms with Crippen LogP contribution in [0.4, 0.5) is 5.69 Å². The molecule has 1 atom stereocenters. The van der Waals surface area contributed by atoms with Crippen molar-refractivity contribution in [1.82, 2.24) is 4.98 Å². The Balaban J connectivity index is 1.88. The van der Waals surface area contributed by atoms with Crippen LogP contribution in [0.15, 0.2) is 36.5 Å². The second-order valence-corrected chi connectivity index (χ2v) is 5.17. The van der Waals surface area contributed by atoms with Gasteiger partial charge in [-0.3, -0.25) is 4.98 Å². The first-order valence-corrected chi connectivity index (χ1v) is 6.58. The van der Waals surface area contributed by atoms with E-state index in [0.29, 0.717) is 0 Å². The minimum absolute atomic E-state index is 0.278. The molecule has 1 aliphatic rings. The molecular formula is C15H15ClN2. The zero-order valence-electron chi connectivity index (χ0n) is 10.3. The normalized spacial score (nSPS) is 17.6. The Labute approximate surface area is 112 Å². The van der Waals surface area contributed by atoms with Gasteiger partial charge in [0.25, 0.3) is 0 Å². The third kappa shape index (κ3) is 2.08. The average molecular weight is 259 g/mol. The topological polar surface area (TPSA) is 24.9 Å². The van der Waals surface area contributed by atoms with Crippen molar-refractivity contribution in [1.29, 1.82) is 0 Å². The number of nitrogens with one attached hydrogen (secondary N) is 1. The summed E-state index contributed by atoms with van der Waals surface area (Å²) in [5, 5.41) is 4.28. The van der Waals surface area contributed by atoms with Crippen molar-refractivity contribution in [2.24, 2.45) is 0 Å². The number of hydrogen-bond acceptors (Lipinski definition) is 2. The fourth-order valence-electron chi connectivity index (χ4n) is 2.49. The molecule has 1 aromatic heterocycles. The van der Waals surface area contributed by atoms with E-state index in [1.807, 2.05) is 24.4 Å². The van der Waals surface area contributed by atoms with Gasteiger partial charge in [-0.25, -0.2) is 0 Å². The van der Waals surface area contributed by atoms with Crippen LogP contribution >= 0.6 is 11.6 Å². The van der Waals surface area contributed by atoms with Crippen molar-refractivity contribution in [3.8, 4) is 0 Å². The van der Waals surface area contributed by atoms with E-state index >= 15 is 0 Å². The molecule has 0 bridgehead atoms. The Hall–Kier alpha value is -1.54. The summed E-state index contributed by atoms with van der Waals surface area (Å²) >= 11 is 6.22. The van der Waals surface area contributed by atoms with E-state index in [1.54, 1.807) is 0 Å². The SMILES string of the molecule is Cc1ccc(Cl)c(NC2CCc3cccnc32)c1. The lowest BCUT2D eigenvalue weighted by atomic mass is 10.1. The maximum Gasteiger partial charge on any atom is 0.0691 e. The highest BCUT2D eigenvalue weighted by Crippen LogP contribution is 2.34. The molecule has 92 valence electrons. The number of hydrogen-bond donors (Lipinski definition) is 1. The highest BCUT2D eigenvalue weighted by molar-refractivity contribution is 6.33. The maximum atomic E-state index is 6.22. The summed E-state index contributed by atoms with van der Waals surface area (Å²) in [6, 6.07) is 10.5. The van der Waals surface area contributed by atoms with Gasteiger partial charge >= 0.3 is 0 Å². The molecule has 3 rings (SSSR count). The van der Waals surface area contributed by atoms with Crippen LogP contribution in [0.5, 0.6) is 0 Å². The Bertz CT molecular complexity index is 580. The number of rotatable bonds is 2. The third-order valence-corrected chi connectivity index (χ3v) is 3.74. The van der Waals surface area contributed by atoms with E-state index < -0.39 is 0 Å². The molecule has 0 amide bonds. The lowest BCUT2D eigenvalue weighted by Gasteiger charge is -2.16. The van der Waals surface area contributed by atoms with Crippen molar-refractivity contribution in [2.75, 3.05) is 5.32 Å². The van der Waals surface area contributed by atoms with Crippen LogP contribution in [0, 0.1) is 6.92 Å². The van der Waals surface area contributed by atoms with Crippen molar-refractivity contribution in [3.63, 3.8) is 0 Å². The molecule has 2 aromatic rings. The lowest BCUT2D eigenvalue weighted by molar-refractivity contribution is 0.746. The molecule has 2 nitrogen and oxygen atoms in total. The van der Waals surface area contributed by atoms with Crippen LogP contribution < -0.4 is 5.32 Å². The molecule has 1 unspecified atom stereocenters. The van der Waals surface area contributed by atoms with Gasteiger partial charge in [0.1, 0.15) is 0 Å². The van der Waals surface area contributed by atoms with Crippen LogP contribution in [0.1, 0.15) is 29.3 Å². The summed E-state index contributed by atoms with van der Waals surface area (Å²) < 4.78 is 0. The van der Waals surface area contributed by atoms with Crippen LogP contribution in [0.3, 0.4) is 0 Å². The fraction of sp³-hybridized carbons (Fsp3) is 0.267. The van der Waals surface area contributed by atoms with Gasteiger partial charge in [0, 0.05) is 6.20 Å². The van der Waals surface area contributed by atoms with Gasteiger partial charge in [-0.05, 0) is 49.1 Å². The molecular weight excluding hydrogens is 244 g/mol. The standard InChI is InChI=1S/C15H15ClN2/c1-10-4-6-12(16)14(9-10)18-13-7-5-11-3-2-8-17-15(11)13/h2-4,6,8-9,13,18H,5,7H2,1H3. The highest BCUT2D eigenvalue weighted by Gasteiger charge is 2.23. The summed E-state index contributed by atoms with van der Waals surface area (Å²) in [7, 11) is 0. The number of nitrogens with zero attached hydrogens (tertiary/aromatic N) is 1. The minimum Gasteiger partial charge on any atom is -0.375 e. The van der Waals surface area contributed by atoms with Crippen LogP contribution in [-0.4, -0.2) is 4.98 Å². The lowest BCUT2D eigenvalue weighted by Crippen LogP contribution is -2.09. The minimum atomic E-state index is 0.278. The molecule has 1 aromatic carbocycles. The largest absolute Gasteiger partial charge is 0.375 e. The zero-order chi connectivity index (χ0) is 12.5. The number of pyridine rings is 1. The predicted octanol–water partition coefficient (Wildman–Crippen LogP) is 4.14. The second kappa shape index (κ2) is 4.62. The van der Waals surface area contributed by atoms with Gasteiger partial charge in [-0.1, -0.05) is 23.7 Å². The molecule has 1 aliphatic carbocycles. The molecule has 0 spiro atoms. The van der Waals surface area contributed by atoms with E-state index in [4.69, 9.17) is 11.6 Å². The highest BCUT2D eigenvalue weighted by atomic mass is 35.5. The van der Waals surface area contributed by atoms with Gasteiger partial charge < -0.3 is 5.32 Å². The van der Waals surface area contributed by atoms with Crippen LogP contribution in [0.2, 0.25) is 5.02 Å². The van der Waals surface area contributed by atoms with Crippen molar-refractivity contribution < 1.29 is 0 Å². The monoisotopic (exact) mass is 258 g/mol. The number of anilines is 1. The molecule has 18 heavy (non-hydrogen) atoms. The number of aryl methyl sites for hydroxylation is 2. The molecule has 0 radical (unpaired) electrons. The van der Waals surface area contributed by atoms with Crippen molar-refractivity contribution >= 4 is 17.3 Å². The van der Waals surface area contributed by atoms with Gasteiger partial charge in [0.05, 0.1) is 22.4 Å². The maximum absolute atomic E-state index is 6.22. The molecule has 1 heterocycles. The number of aromatic nitrogens is 1. The van der Waals surface area contributed by atoms with Gasteiger partial charge in [-0.15, -0.1) is 0 Å². The Morgan fingerprint density at radius 2 is 2.22 bits per heavy atom. The smallest absolute Gasteiger partial charge is 0.0691 e. The van der Waals surface area contributed by atoms with Crippen LogP contribution in [-0.2, 0) is 6.42 Å². The van der Waals surface area contributed by atoms with E-state index in [-0.39, 0.29) is 6.04 Å². The number of benzene rings is 1. The quantitative estimate of drug-likeness (QED) is 0.876. The van der Waals surface area contributed by atoms with Gasteiger partial charge in [0.15, 0.2) is 0 Å². The Morgan fingerprint density at radius 1 is 1.33 bits per heavy atom. The fourth-order valence-corrected chi connectivity index (χ4v) is 2.66. The number of halogens is 1. The zero-order valence-corrected chi connectivity index (χ0v) is 11.0. The summed E-state index contributed by atoms with van der Waals surface area (Å²) in [5.41, 5.74) is 4.72. The van der Waals surface area contributed by atoms with Gasteiger partial charge in [-0.2, -0.15) is 0 Å². The Morgan fingerprint density at radius 3 is 3.11 bits per heavy atom. The van der Waals surface area contributed by atoms with Crippen molar-refractivity contribution in [3.05, 3.63) is 58.4 Å². The second-order valence-electron chi connectivity index (χ2n) is 4.77. The van der Waals surface area contributed by atoms with E-state index in [2.05, 4.69) is 29.4 Å². The number of fused-ring (bicyclic) bond motifs is 1. The van der Waals surface area contributed by atoms with Crippen LogP contribution in [0.25, 0.3) is 0 Å². The first-order chi connectivity index (χ1) is 8.74. The predicted molar refractivity (Wildman–Crippen MR) is 75.1 cm³/mol. The van der Waals surface area contributed by atoms with E-state index in [0.717, 1.165) is 29.2 Å². The molecule has 0 saturated carbocycles. The third-order valence-electron chi connectivity index (χ3n) is 3.41. The van der Waals surface area contributed by atoms with Gasteiger partial charge in [0.2, 0.25) is 0 Å². The Kier molecular flexibility index (Phi) is 2.96. The summed E-state index contributed by atoms with van der Waals surface area (Å²) in [6.45, 7) is 2.07.